The number of hydrogen-bond donors (Lipinski definition) is 0. The zero-order chi connectivity index (χ0) is 20.6. The highest BCUT2D eigenvalue weighted by molar-refractivity contribution is 7.90. The van der Waals surface area contributed by atoms with Crippen molar-refractivity contribution >= 4 is 21.8 Å². The van der Waals surface area contributed by atoms with Crippen molar-refractivity contribution in [3.63, 3.8) is 0 Å². The lowest BCUT2D eigenvalue weighted by Gasteiger charge is -2.25. The zero-order valence-electron chi connectivity index (χ0n) is 16.3. The van der Waals surface area contributed by atoms with Crippen molar-refractivity contribution in [1.29, 1.82) is 0 Å². The van der Waals surface area contributed by atoms with E-state index in [-0.39, 0.29) is 11.5 Å². The molecule has 2 aliphatic rings. The summed E-state index contributed by atoms with van der Waals surface area (Å²) < 4.78 is 39.6. The molecule has 7 nitrogen and oxygen atoms in total. The summed E-state index contributed by atoms with van der Waals surface area (Å²) in [7, 11) is -2.16. The maximum absolute atomic E-state index is 12.8. The predicted molar refractivity (Wildman–Crippen MR) is 107 cm³/mol. The molecule has 2 aliphatic heterocycles. The summed E-state index contributed by atoms with van der Waals surface area (Å²) in [6.45, 7) is 2.60. The van der Waals surface area contributed by atoms with Gasteiger partial charge in [-0.15, -0.1) is 4.40 Å². The van der Waals surface area contributed by atoms with E-state index in [1.807, 2.05) is 25.1 Å². The molecule has 2 aromatic carbocycles. The van der Waals surface area contributed by atoms with Crippen molar-refractivity contribution in [1.82, 2.24) is 4.90 Å². The molecule has 0 saturated carbocycles. The molecule has 2 aromatic rings. The smallest absolute Gasteiger partial charge is 0.329 e. The highest BCUT2D eigenvalue weighted by Gasteiger charge is 2.39. The Morgan fingerprint density at radius 1 is 1.24 bits per heavy atom. The van der Waals surface area contributed by atoms with Gasteiger partial charge in [0.05, 0.1) is 7.11 Å². The molecule has 29 heavy (non-hydrogen) atoms. The Kier molecular flexibility index (Phi) is 5.04. The highest BCUT2D eigenvalue weighted by Crippen LogP contribution is 2.31. The summed E-state index contributed by atoms with van der Waals surface area (Å²) in [6.07, 6.45) is 1.35. The summed E-state index contributed by atoms with van der Waals surface area (Å²) in [4.78, 5) is 14.8. The number of carbonyl (C=O) groups excluding carboxylic acids is 1. The van der Waals surface area contributed by atoms with Gasteiger partial charge in [0, 0.05) is 17.7 Å². The molecule has 0 amide bonds. The number of hydrogen-bond acceptors (Lipinski definition) is 6. The lowest BCUT2D eigenvalue weighted by Crippen LogP contribution is -2.41. The second-order valence-corrected chi connectivity index (χ2v) is 8.73. The fourth-order valence-electron chi connectivity index (χ4n) is 3.83. The largest absolute Gasteiger partial charge is 0.496 e. The van der Waals surface area contributed by atoms with Crippen LogP contribution >= 0.6 is 0 Å². The van der Waals surface area contributed by atoms with Gasteiger partial charge < -0.3 is 14.4 Å². The lowest BCUT2D eigenvalue weighted by atomic mass is 10.1. The molecular weight excluding hydrogens is 392 g/mol. The minimum absolute atomic E-state index is 0.0926. The van der Waals surface area contributed by atoms with Crippen LogP contribution in [-0.4, -0.2) is 44.8 Å². The van der Waals surface area contributed by atoms with Crippen molar-refractivity contribution in [3.05, 3.63) is 59.2 Å². The van der Waals surface area contributed by atoms with E-state index in [0.29, 0.717) is 30.1 Å². The second-order valence-electron chi connectivity index (χ2n) is 7.16. The molecule has 1 saturated heterocycles. The van der Waals surface area contributed by atoms with Gasteiger partial charge in [0.15, 0.2) is 5.84 Å². The SMILES string of the molecule is COc1ccc(C)cc1COC(=O)C1CCCN1C1=NS(=O)(=O)c2ccccc21. The molecule has 0 bridgehead atoms. The first kappa shape index (κ1) is 19.4. The minimum Gasteiger partial charge on any atom is -0.496 e. The predicted octanol–water partition coefficient (Wildman–Crippen LogP) is 2.66. The van der Waals surface area contributed by atoms with E-state index in [9.17, 15) is 13.2 Å². The van der Waals surface area contributed by atoms with Gasteiger partial charge >= 0.3 is 5.97 Å². The van der Waals surface area contributed by atoms with Crippen LogP contribution in [0.25, 0.3) is 0 Å². The van der Waals surface area contributed by atoms with Crippen molar-refractivity contribution in [2.75, 3.05) is 13.7 Å². The van der Waals surface area contributed by atoms with Crippen molar-refractivity contribution in [2.24, 2.45) is 4.40 Å². The van der Waals surface area contributed by atoms with Crippen LogP contribution in [0.4, 0.5) is 0 Å². The van der Waals surface area contributed by atoms with E-state index < -0.39 is 22.0 Å². The van der Waals surface area contributed by atoms with Gasteiger partial charge in [0.25, 0.3) is 10.0 Å². The number of aryl methyl sites for hydroxylation is 1. The number of amidine groups is 1. The summed E-state index contributed by atoms with van der Waals surface area (Å²) in [5.41, 5.74) is 2.37. The highest BCUT2D eigenvalue weighted by atomic mass is 32.2. The maximum atomic E-state index is 12.8. The average molecular weight is 414 g/mol. The monoisotopic (exact) mass is 414 g/mol. The Morgan fingerprint density at radius 3 is 2.83 bits per heavy atom. The molecule has 0 spiro atoms. The van der Waals surface area contributed by atoms with E-state index in [4.69, 9.17) is 9.47 Å². The molecule has 0 aliphatic carbocycles. The minimum atomic E-state index is -3.73. The molecule has 0 N–H and O–H groups in total. The number of carbonyl (C=O) groups is 1. The van der Waals surface area contributed by atoms with Crippen LogP contribution in [-0.2, 0) is 26.2 Å². The van der Waals surface area contributed by atoms with E-state index in [2.05, 4.69) is 4.40 Å². The fourth-order valence-corrected chi connectivity index (χ4v) is 5.04. The van der Waals surface area contributed by atoms with Crippen LogP contribution < -0.4 is 4.74 Å². The molecule has 1 unspecified atom stereocenters. The summed E-state index contributed by atoms with van der Waals surface area (Å²) in [5.74, 6) is 0.593. The average Bonchev–Trinajstić information content (AvgIpc) is 3.29. The number of rotatable bonds is 4. The van der Waals surface area contributed by atoms with Crippen LogP contribution in [0.15, 0.2) is 51.8 Å². The quantitative estimate of drug-likeness (QED) is 0.715. The Bertz CT molecular complexity index is 1090. The molecule has 2 heterocycles. The Morgan fingerprint density at radius 2 is 2.03 bits per heavy atom. The number of fused-ring (bicyclic) bond motifs is 1. The second kappa shape index (κ2) is 7.51. The molecule has 152 valence electrons. The van der Waals surface area contributed by atoms with E-state index >= 15 is 0 Å². The van der Waals surface area contributed by atoms with Gasteiger partial charge in [0.1, 0.15) is 23.3 Å². The standard InChI is InChI=1S/C21H22N2O5S/c1-14-9-10-18(27-2)15(12-14)13-28-21(24)17-7-5-11-23(17)20-16-6-3-4-8-19(16)29(25,26)22-20/h3-4,6,8-10,12,17H,5,7,11,13H2,1-2H3. The normalized spacial score (nSPS) is 19.6. The van der Waals surface area contributed by atoms with Gasteiger partial charge in [-0.2, -0.15) is 8.42 Å². The number of nitrogens with zero attached hydrogens (tertiary/aromatic N) is 2. The van der Waals surface area contributed by atoms with Gasteiger partial charge in [-0.05, 0) is 44.0 Å². The maximum Gasteiger partial charge on any atom is 0.329 e. The molecule has 0 aromatic heterocycles. The molecule has 4 rings (SSSR count). The first-order valence-electron chi connectivity index (χ1n) is 9.42. The van der Waals surface area contributed by atoms with Crippen LogP contribution in [0.1, 0.15) is 29.5 Å². The Labute approximate surface area is 170 Å². The molecule has 1 atom stereocenters. The first-order valence-corrected chi connectivity index (χ1v) is 10.9. The van der Waals surface area contributed by atoms with E-state index in [0.717, 1.165) is 17.5 Å². The zero-order valence-corrected chi connectivity index (χ0v) is 17.1. The Hall–Kier alpha value is -2.87. The lowest BCUT2D eigenvalue weighted by molar-refractivity contribution is -0.149. The summed E-state index contributed by atoms with van der Waals surface area (Å²) in [6, 6.07) is 11.8. The third-order valence-electron chi connectivity index (χ3n) is 5.22. The number of esters is 1. The van der Waals surface area contributed by atoms with Crippen LogP contribution in [0.3, 0.4) is 0 Å². The number of likely N-dealkylation sites (tertiary alicyclic amines) is 1. The number of ether oxygens (including phenoxy) is 2. The molecule has 0 radical (unpaired) electrons. The van der Waals surface area contributed by atoms with Gasteiger partial charge in [-0.1, -0.05) is 23.8 Å². The van der Waals surface area contributed by atoms with Crippen LogP contribution in [0.5, 0.6) is 5.75 Å². The van der Waals surface area contributed by atoms with Crippen LogP contribution in [0.2, 0.25) is 0 Å². The molecule has 8 heteroatoms. The van der Waals surface area contributed by atoms with Crippen LogP contribution in [0, 0.1) is 6.92 Å². The van der Waals surface area contributed by atoms with Crippen molar-refractivity contribution < 1.29 is 22.7 Å². The molecular formula is C21H22N2O5S. The summed E-state index contributed by atoms with van der Waals surface area (Å²) >= 11 is 0. The summed E-state index contributed by atoms with van der Waals surface area (Å²) in [5, 5.41) is 0. The van der Waals surface area contributed by atoms with Crippen molar-refractivity contribution in [3.8, 4) is 5.75 Å². The number of sulfonamides is 1. The Balaban J connectivity index is 1.54. The van der Waals surface area contributed by atoms with E-state index in [1.54, 1.807) is 30.2 Å². The first-order chi connectivity index (χ1) is 13.9. The van der Waals surface area contributed by atoms with Gasteiger partial charge in [-0.25, -0.2) is 4.79 Å². The molecule has 1 fully saturated rings. The van der Waals surface area contributed by atoms with Gasteiger partial charge in [0.2, 0.25) is 0 Å². The third-order valence-corrected chi connectivity index (χ3v) is 6.54. The number of benzene rings is 2. The topological polar surface area (TPSA) is 85.3 Å². The van der Waals surface area contributed by atoms with Gasteiger partial charge in [-0.3, -0.25) is 0 Å². The third kappa shape index (κ3) is 3.60. The van der Waals surface area contributed by atoms with Crippen molar-refractivity contribution in [2.45, 2.75) is 37.3 Å². The number of methoxy groups -OCH3 is 1. The van der Waals surface area contributed by atoms with E-state index in [1.165, 1.54) is 6.07 Å². The fraction of sp³-hybridized carbons (Fsp3) is 0.333.